The molecule has 0 aromatic heterocycles. The van der Waals surface area contributed by atoms with Gasteiger partial charge in [-0.05, 0) is 44.7 Å². The van der Waals surface area contributed by atoms with Crippen LogP contribution in [0.3, 0.4) is 0 Å². The molecule has 1 fully saturated rings. The lowest BCUT2D eigenvalue weighted by Gasteiger charge is -2.15. The Morgan fingerprint density at radius 1 is 1.25 bits per heavy atom. The van der Waals surface area contributed by atoms with E-state index in [9.17, 15) is 19.2 Å². The predicted octanol–water partition coefficient (Wildman–Crippen LogP) is 2.15. The number of aryl methyl sites for hydroxylation is 2. The second-order valence-corrected chi connectivity index (χ2v) is 7.29. The van der Waals surface area contributed by atoms with Gasteiger partial charge >= 0.3 is 12.0 Å². The van der Waals surface area contributed by atoms with E-state index in [4.69, 9.17) is 4.74 Å². The fourth-order valence-electron chi connectivity index (χ4n) is 3.00. The van der Waals surface area contributed by atoms with Crippen molar-refractivity contribution >= 4 is 29.5 Å². The van der Waals surface area contributed by atoms with Gasteiger partial charge in [0.1, 0.15) is 5.54 Å². The number of anilines is 1. The van der Waals surface area contributed by atoms with Crippen molar-refractivity contribution in [2.75, 3.05) is 18.5 Å². The molecule has 0 atom stereocenters. The van der Waals surface area contributed by atoms with Gasteiger partial charge in [-0.25, -0.2) is 4.79 Å². The van der Waals surface area contributed by atoms with Crippen LogP contribution in [-0.2, 0) is 25.5 Å². The predicted molar refractivity (Wildman–Crippen MR) is 104 cm³/mol. The van der Waals surface area contributed by atoms with Crippen LogP contribution >= 0.6 is 0 Å². The van der Waals surface area contributed by atoms with Gasteiger partial charge in [0.15, 0.2) is 6.61 Å². The van der Waals surface area contributed by atoms with Crippen LogP contribution < -0.4 is 10.6 Å². The van der Waals surface area contributed by atoms with Crippen LogP contribution in [0.5, 0.6) is 0 Å². The van der Waals surface area contributed by atoms with Crippen LogP contribution in [0.1, 0.15) is 44.7 Å². The van der Waals surface area contributed by atoms with Crippen molar-refractivity contribution in [2.45, 2.75) is 52.5 Å². The number of carbonyl (C=O) groups is 4. The first-order valence-electron chi connectivity index (χ1n) is 9.33. The van der Waals surface area contributed by atoms with Crippen LogP contribution in [0.15, 0.2) is 18.2 Å². The number of benzene rings is 1. The van der Waals surface area contributed by atoms with Crippen molar-refractivity contribution in [1.29, 1.82) is 0 Å². The Bertz CT molecular complexity index is 788. The fourth-order valence-corrected chi connectivity index (χ4v) is 3.00. The Morgan fingerprint density at radius 3 is 2.57 bits per heavy atom. The van der Waals surface area contributed by atoms with Gasteiger partial charge in [0, 0.05) is 18.7 Å². The monoisotopic (exact) mass is 389 g/mol. The number of urea groups is 1. The number of ether oxygens (including phenoxy) is 1. The number of carbonyl (C=O) groups excluding carboxylic acids is 4. The minimum atomic E-state index is -0.928. The van der Waals surface area contributed by atoms with Crippen molar-refractivity contribution in [3.8, 4) is 0 Å². The first-order valence-corrected chi connectivity index (χ1v) is 9.33. The molecule has 0 bridgehead atoms. The maximum Gasteiger partial charge on any atom is 0.325 e. The van der Waals surface area contributed by atoms with E-state index < -0.39 is 23.4 Å². The molecular formula is C20H27N3O5. The zero-order valence-electron chi connectivity index (χ0n) is 16.8. The van der Waals surface area contributed by atoms with Crippen molar-refractivity contribution in [2.24, 2.45) is 0 Å². The second-order valence-electron chi connectivity index (χ2n) is 7.29. The van der Waals surface area contributed by atoms with Crippen LogP contribution in [0.25, 0.3) is 0 Å². The summed E-state index contributed by atoms with van der Waals surface area (Å²) in [5, 5.41) is 5.36. The first-order chi connectivity index (χ1) is 13.2. The van der Waals surface area contributed by atoms with E-state index in [1.165, 1.54) is 0 Å². The number of amides is 4. The molecule has 0 aliphatic carbocycles. The number of esters is 1. The quantitative estimate of drug-likeness (QED) is 0.524. The summed E-state index contributed by atoms with van der Waals surface area (Å²) in [5.41, 5.74) is 1.77. The van der Waals surface area contributed by atoms with Crippen molar-refractivity contribution in [1.82, 2.24) is 10.2 Å². The Morgan fingerprint density at radius 2 is 1.96 bits per heavy atom. The zero-order valence-corrected chi connectivity index (χ0v) is 16.8. The molecular weight excluding hydrogens is 362 g/mol. The minimum Gasteiger partial charge on any atom is -0.456 e. The topological polar surface area (TPSA) is 105 Å². The average Bonchev–Trinajstić information content (AvgIpc) is 2.83. The highest BCUT2D eigenvalue weighted by Gasteiger charge is 2.43. The summed E-state index contributed by atoms with van der Waals surface area (Å²) in [7, 11) is 0. The molecule has 2 rings (SSSR count). The highest BCUT2D eigenvalue weighted by atomic mass is 16.5. The summed E-state index contributed by atoms with van der Waals surface area (Å²) in [4.78, 5) is 48.8. The number of rotatable bonds is 8. The molecule has 1 aromatic rings. The van der Waals surface area contributed by atoms with Crippen LogP contribution in [0, 0.1) is 6.92 Å². The smallest absolute Gasteiger partial charge is 0.325 e. The van der Waals surface area contributed by atoms with Crippen LogP contribution in [0.2, 0.25) is 0 Å². The lowest BCUT2D eigenvalue weighted by Crippen LogP contribution is -2.40. The summed E-state index contributed by atoms with van der Waals surface area (Å²) in [6.45, 7) is 6.89. The van der Waals surface area contributed by atoms with Gasteiger partial charge in [-0.3, -0.25) is 19.3 Å². The maximum atomic E-state index is 12.1. The van der Waals surface area contributed by atoms with Crippen molar-refractivity contribution in [3.63, 3.8) is 0 Å². The van der Waals surface area contributed by atoms with Gasteiger partial charge in [-0.1, -0.05) is 25.1 Å². The Labute approximate surface area is 164 Å². The summed E-state index contributed by atoms with van der Waals surface area (Å²) < 4.78 is 4.99. The maximum absolute atomic E-state index is 12.1. The van der Waals surface area contributed by atoms with E-state index in [1.807, 2.05) is 32.0 Å². The van der Waals surface area contributed by atoms with Crippen molar-refractivity contribution in [3.05, 3.63) is 29.3 Å². The number of imide groups is 1. The molecule has 8 heteroatoms. The largest absolute Gasteiger partial charge is 0.456 e. The molecule has 1 saturated heterocycles. The third-order valence-corrected chi connectivity index (χ3v) is 4.58. The highest BCUT2D eigenvalue weighted by molar-refractivity contribution is 6.06. The molecule has 0 saturated carbocycles. The number of nitrogens with one attached hydrogen (secondary N) is 2. The lowest BCUT2D eigenvalue weighted by atomic mass is 10.1. The normalized spacial score (nSPS) is 15.4. The van der Waals surface area contributed by atoms with Gasteiger partial charge < -0.3 is 15.4 Å². The van der Waals surface area contributed by atoms with Gasteiger partial charge in [-0.15, -0.1) is 0 Å². The highest BCUT2D eigenvalue weighted by Crippen LogP contribution is 2.21. The molecule has 1 aliphatic heterocycles. The minimum absolute atomic E-state index is 0.00927. The fraction of sp³-hybridized carbons (Fsp3) is 0.500. The second kappa shape index (κ2) is 8.86. The lowest BCUT2D eigenvalue weighted by molar-refractivity contribution is -0.147. The van der Waals surface area contributed by atoms with Crippen LogP contribution in [0.4, 0.5) is 10.5 Å². The first kappa shape index (κ1) is 21.4. The number of hydrogen-bond acceptors (Lipinski definition) is 5. The summed E-state index contributed by atoms with van der Waals surface area (Å²) >= 11 is 0. The molecule has 1 aromatic carbocycles. The molecule has 28 heavy (non-hydrogen) atoms. The Kier molecular flexibility index (Phi) is 6.77. The Hall–Kier alpha value is -2.90. The molecule has 0 spiro atoms. The van der Waals surface area contributed by atoms with Gasteiger partial charge in [0.2, 0.25) is 0 Å². The summed E-state index contributed by atoms with van der Waals surface area (Å²) in [6.07, 6.45) is 1.06. The van der Waals surface area contributed by atoms with Gasteiger partial charge in [0.25, 0.3) is 11.8 Å². The summed E-state index contributed by atoms with van der Waals surface area (Å²) in [5.74, 6) is -1.29. The van der Waals surface area contributed by atoms with Crippen LogP contribution in [-0.4, -0.2) is 47.4 Å². The molecule has 1 aliphatic rings. The average molecular weight is 389 g/mol. The standard InChI is InChI=1S/C20H27N3O5/c1-5-14-9-6-8-13(2)17(14)21-15(24)12-28-16(25)10-7-11-23-18(26)20(3,4)22-19(23)27/h6,8-9H,5,7,10-12H2,1-4H3,(H,21,24)(H,22,27). The van der Waals surface area contributed by atoms with E-state index in [0.29, 0.717) is 0 Å². The molecule has 0 unspecified atom stereocenters. The van der Waals surface area contributed by atoms with E-state index in [1.54, 1.807) is 13.8 Å². The van der Waals surface area contributed by atoms with Gasteiger partial charge in [-0.2, -0.15) is 0 Å². The van der Waals surface area contributed by atoms with E-state index >= 15 is 0 Å². The molecule has 152 valence electrons. The van der Waals surface area contributed by atoms with Crippen molar-refractivity contribution < 1.29 is 23.9 Å². The Balaban J connectivity index is 1.75. The van der Waals surface area contributed by atoms with E-state index in [0.717, 1.165) is 28.1 Å². The number of para-hydroxylation sites is 1. The summed E-state index contributed by atoms with van der Waals surface area (Å²) in [6, 6.07) is 5.30. The third-order valence-electron chi connectivity index (χ3n) is 4.58. The molecule has 2 N–H and O–H groups in total. The number of hydrogen-bond donors (Lipinski definition) is 2. The molecule has 0 radical (unpaired) electrons. The molecule has 8 nitrogen and oxygen atoms in total. The number of nitrogens with zero attached hydrogens (tertiary/aromatic N) is 1. The molecule has 4 amide bonds. The zero-order chi connectivity index (χ0) is 20.9. The van der Waals surface area contributed by atoms with E-state index in [2.05, 4.69) is 10.6 Å². The third kappa shape index (κ3) is 5.09. The molecule has 1 heterocycles. The van der Waals surface area contributed by atoms with Gasteiger partial charge in [0.05, 0.1) is 0 Å². The van der Waals surface area contributed by atoms with E-state index in [-0.39, 0.29) is 31.9 Å². The SMILES string of the molecule is CCc1cccc(C)c1NC(=O)COC(=O)CCCN1C(=O)NC(C)(C)C1=O.